The van der Waals surface area contributed by atoms with Gasteiger partial charge in [-0.15, -0.1) is 0 Å². The second-order valence-electron chi connectivity index (χ2n) is 7.92. The van der Waals surface area contributed by atoms with E-state index in [0.29, 0.717) is 10.8 Å². The third-order valence-corrected chi connectivity index (χ3v) is 6.44. The topological polar surface area (TPSA) is 83.1 Å². The number of carbonyl (C=O) groups excluding carboxylic acids is 2. The number of fused-ring (bicyclic) bond motifs is 1. The molecule has 156 valence electrons. The zero-order valence-electron chi connectivity index (χ0n) is 17.2. The molecule has 3 amide bonds. The zero-order valence-corrected chi connectivity index (χ0v) is 18.1. The molecule has 0 radical (unpaired) electrons. The molecule has 0 unspecified atom stereocenters. The molecular formula is C23H26N4O2S. The summed E-state index contributed by atoms with van der Waals surface area (Å²) < 4.78 is 0.967. The van der Waals surface area contributed by atoms with E-state index >= 15 is 0 Å². The van der Waals surface area contributed by atoms with Crippen LogP contribution in [0.4, 0.5) is 21.3 Å². The van der Waals surface area contributed by atoms with Gasteiger partial charge >= 0.3 is 6.03 Å². The van der Waals surface area contributed by atoms with Crippen molar-refractivity contribution in [2.75, 3.05) is 16.0 Å². The number of nitrogens with one attached hydrogen (secondary N) is 3. The zero-order chi connectivity index (χ0) is 21.1. The van der Waals surface area contributed by atoms with Crippen molar-refractivity contribution in [2.24, 2.45) is 5.92 Å². The van der Waals surface area contributed by atoms with Gasteiger partial charge in [0.05, 0.1) is 10.2 Å². The molecule has 30 heavy (non-hydrogen) atoms. The van der Waals surface area contributed by atoms with Gasteiger partial charge in [-0.3, -0.25) is 4.79 Å². The molecule has 1 heterocycles. The first-order chi connectivity index (χ1) is 14.5. The molecule has 0 bridgehead atoms. The Hall–Kier alpha value is -2.93. The second kappa shape index (κ2) is 8.83. The molecule has 6 nitrogen and oxygen atoms in total. The van der Waals surface area contributed by atoms with Crippen LogP contribution in [-0.4, -0.2) is 16.9 Å². The first-order valence-electron chi connectivity index (χ1n) is 10.3. The minimum absolute atomic E-state index is 0.0695. The smallest absolute Gasteiger partial charge is 0.308 e. The Morgan fingerprint density at radius 1 is 0.967 bits per heavy atom. The van der Waals surface area contributed by atoms with Gasteiger partial charge in [-0.05, 0) is 62.1 Å². The van der Waals surface area contributed by atoms with Gasteiger partial charge in [-0.25, -0.2) is 9.78 Å². The van der Waals surface area contributed by atoms with E-state index < -0.39 is 0 Å². The van der Waals surface area contributed by atoms with Crippen LogP contribution < -0.4 is 16.0 Å². The van der Waals surface area contributed by atoms with Crippen LogP contribution >= 0.6 is 11.3 Å². The van der Waals surface area contributed by atoms with Crippen molar-refractivity contribution in [1.29, 1.82) is 0 Å². The van der Waals surface area contributed by atoms with Gasteiger partial charge in [0.25, 0.3) is 0 Å². The van der Waals surface area contributed by atoms with E-state index in [4.69, 9.17) is 0 Å². The lowest BCUT2D eigenvalue weighted by atomic mass is 9.89. The Labute approximate surface area is 180 Å². The first kappa shape index (κ1) is 20.3. The van der Waals surface area contributed by atoms with Gasteiger partial charge in [0.15, 0.2) is 5.13 Å². The maximum absolute atomic E-state index is 12.5. The quantitative estimate of drug-likeness (QED) is 0.477. The van der Waals surface area contributed by atoms with Crippen LogP contribution in [0.15, 0.2) is 36.4 Å². The number of nitrogens with zero attached hydrogens (tertiary/aromatic N) is 1. The average molecular weight is 423 g/mol. The molecule has 0 saturated heterocycles. The van der Waals surface area contributed by atoms with Crippen LogP contribution in [0.2, 0.25) is 0 Å². The second-order valence-corrected chi connectivity index (χ2v) is 8.95. The molecule has 3 N–H and O–H groups in total. The molecule has 1 saturated carbocycles. The van der Waals surface area contributed by atoms with Gasteiger partial charge in [0, 0.05) is 17.3 Å². The molecule has 0 aliphatic heterocycles. The normalized spacial score (nSPS) is 14.5. The highest BCUT2D eigenvalue weighted by molar-refractivity contribution is 7.22. The standard InChI is InChI=1S/C23H26N4O2S/c1-14-8-9-15(2)18(12-14)25-22(29)24-17-10-11-20-19(13-17)26-23(30-20)27-21(28)16-6-4-3-5-7-16/h8-13,16H,3-7H2,1-2H3,(H2,24,25,29)(H,26,27,28). The van der Waals surface area contributed by atoms with Crippen molar-refractivity contribution in [3.8, 4) is 0 Å². The van der Waals surface area contributed by atoms with Crippen molar-refractivity contribution in [1.82, 2.24) is 4.98 Å². The minimum atomic E-state index is -0.302. The summed E-state index contributed by atoms with van der Waals surface area (Å²) in [6.07, 6.45) is 5.38. The van der Waals surface area contributed by atoms with E-state index in [1.165, 1.54) is 17.8 Å². The third-order valence-electron chi connectivity index (χ3n) is 5.49. The molecule has 0 atom stereocenters. The summed E-state index contributed by atoms with van der Waals surface area (Å²) >= 11 is 1.45. The van der Waals surface area contributed by atoms with E-state index in [9.17, 15) is 9.59 Å². The van der Waals surface area contributed by atoms with Crippen molar-refractivity contribution in [2.45, 2.75) is 46.0 Å². The molecule has 1 aromatic heterocycles. The predicted octanol–water partition coefficient (Wildman–Crippen LogP) is 6.08. The Morgan fingerprint density at radius 2 is 1.77 bits per heavy atom. The largest absolute Gasteiger partial charge is 0.323 e. The van der Waals surface area contributed by atoms with E-state index in [1.54, 1.807) is 0 Å². The van der Waals surface area contributed by atoms with Gasteiger partial charge in [0.2, 0.25) is 5.91 Å². The number of amides is 3. The van der Waals surface area contributed by atoms with E-state index in [-0.39, 0.29) is 17.9 Å². The molecule has 1 aliphatic rings. The molecule has 7 heteroatoms. The summed E-state index contributed by atoms with van der Waals surface area (Å²) in [5.74, 6) is 0.164. The highest BCUT2D eigenvalue weighted by Crippen LogP contribution is 2.30. The maximum atomic E-state index is 12.5. The summed E-state index contributed by atoms with van der Waals surface area (Å²) in [5, 5.41) is 9.33. The number of rotatable bonds is 4. The van der Waals surface area contributed by atoms with Crippen LogP contribution in [0.1, 0.15) is 43.2 Å². The minimum Gasteiger partial charge on any atom is -0.308 e. The number of anilines is 3. The lowest BCUT2D eigenvalue weighted by Crippen LogP contribution is -2.24. The lowest BCUT2D eigenvalue weighted by Gasteiger charge is -2.19. The average Bonchev–Trinajstić information content (AvgIpc) is 3.12. The Bertz CT molecular complexity index is 1090. The van der Waals surface area contributed by atoms with E-state index in [0.717, 1.165) is 52.7 Å². The maximum Gasteiger partial charge on any atom is 0.323 e. The van der Waals surface area contributed by atoms with Crippen molar-refractivity contribution >= 4 is 50.0 Å². The van der Waals surface area contributed by atoms with Crippen molar-refractivity contribution in [3.05, 3.63) is 47.5 Å². The van der Waals surface area contributed by atoms with Crippen LogP contribution in [0.25, 0.3) is 10.2 Å². The number of urea groups is 1. The first-order valence-corrected chi connectivity index (χ1v) is 11.2. The van der Waals surface area contributed by atoms with Gasteiger partial charge < -0.3 is 16.0 Å². The highest BCUT2D eigenvalue weighted by atomic mass is 32.1. The highest BCUT2D eigenvalue weighted by Gasteiger charge is 2.22. The fourth-order valence-corrected chi connectivity index (χ4v) is 4.64. The van der Waals surface area contributed by atoms with E-state index in [2.05, 4.69) is 20.9 Å². The van der Waals surface area contributed by atoms with Crippen LogP contribution in [0.5, 0.6) is 0 Å². The molecule has 4 rings (SSSR count). The van der Waals surface area contributed by atoms with Crippen LogP contribution in [-0.2, 0) is 4.79 Å². The number of aromatic nitrogens is 1. The fraction of sp³-hybridized carbons (Fsp3) is 0.348. The predicted molar refractivity (Wildman–Crippen MR) is 123 cm³/mol. The SMILES string of the molecule is Cc1ccc(C)c(NC(=O)Nc2ccc3sc(NC(=O)C4CCCCC4)nc3c2)c1. The van der Waals surface area contributed by atoms with Crippen LogP contribution in [0.3, 0.4) is 0 Å². The number of thiazole rings is 1. The van der Waals surface area contributed by atoms with E-state index in [1.807, 2.05) is 50.2 Å². The Balaban J connectivity index is 1.42. The third kappa shape index (κ3) is 4.79. The molecular weight excluding hydrogens is 396 g/mol. The lowest BCUT2D eigenvalue weighted by molar-refractivity contribution is -0.120. The number of hydrogen-bond donors (Lipinski definition) is 3. The number of hydrogen-bond acceptors (Lipinski definition) is 4. The summed E-state index contributed by atoms with van der Waals surface area (Å²) in [6, 6.07) is 11.2. The van der Waals surface area contributed by atoms with Crippen molar-refractivity contribution in [3.63, 3.8) is 0 Å². The van der Waals surface area contributed by atoms with Gasteiger partial charge in [0.1, 0.15) is 0 Å². The summed E-state index contributed by atoms with van der Waals surface area (Å²) in [5.41, 5.74) is 4.28. The Kier molecular flexibility index (Phi) is 5.99. The van der Waals surface area contributed by atoms with Crippen molar-refractivity contribution < 1.29 is 9.59 Å². The summed E-state index contributed by atoms with van der Waals surface area (Å²) in [6.45, 7) is 3.95. The molecule has 0 spiro atoms. The molecule has 2 aromatic carbocycles. The number of benzene rings is 2. The van der Waals surface area contributed by atoms with Gasteiger partial charge in [-0.1, -0.05) is 42.7 Å². The Morgan fingerprint density at radius 3 is 2.57 bits per heavy atom. The summed E-state index contributed by atoms with van der Waals surface area (Å²) in [7, 11) is 0. The van der Waals surface area contributed by atoms with Gasteiger partial charge in [-0.2, -0.15) is 0 Å². The fourth-order valence-electron chi connectivity index (χ4n) is 3.79. The molecule has 3 aromatic rings. The summed E-state index contributed by atoms with van der Waals surface area (Å²) in [4.78, 5) is 29.4. The monoisotopic (exact) mass is 422 g/mol. The molecule has 1 fully saturated rings. The number of aryl methyl sites for hydroxylation is 2. The van der Waals surface area contributed by atoms with Crippen LogP contribution in [0, 0.1) is 19.8 Å². The molecule has 1 aliphatic carbocycles. The number of carbonyl (C=O) groups is 2.